The molecule has 3 rings (SSSR count). The number of carbonyl (C=O) groups is 1. The Morgan fingerprint density at radius 1 is 1.41 bits per heavy atom. The van der Waals surface area contributed by atoms with Gasteiger partial charge in [-0.2, -0.15) is 0 Å². The van der Waals surface area contributed by atoms with Crippen LogP contribution in [0.2, 0.25) is 0 Å². The minimum Gasteiger partial charge on any atom is -0.475 e. The fourth-order valence-corrected chi connectivity index (χ4v) is 2.19. The first-order valence-corrected chi connectivity index (χ1v) is 7.07. The standard InChI is InChI=1S/C15H18N4O3/c1-15(2,3)22-14(20)18-10-8-11-12-16-4-5-19(12)6-7-21-13(11)17-9-10/h4-5,8-9H,6-7H2,1-3H3,(H,18,20). The maximum Gasteiger partial charge on any atom is 0.412 e. The van der Waals surface area contributed by atoms with Crippen LogP contribution in [0.25, 0.3) is 11.4 Å². The number of fused-ring (bicyclic) bond motifs is 3. The van der Waals surface area contributed by atoms with E-state index >= 15 is 0 Å². The Morgan fingerprint density at radius 2 is 2.23 bits per heavy atom. The van der Waals surface area contributed by atoms with Crippen molar-refractivity contribution in [1.82, 2.24) is 14.5 Å². The van der Waals surface area contributed by atoms with Gasteiger partial charge in [0.15, 0.2) is 0 Å². The average Bonchev–Trinajstić information content (AvgIpc) is 2.80. The monoisotopic (exact) mass is 302 g/mol. The number of hydrogen-bond acceptors (Lipinski definition) is 5. The highest BCUT2D eigenvalue weighted by molar-refractivity contribution is 5.86. The summed E-state index contributed by atoms with van der Waals surface area (Å²) >= 11 is 0. The highest BCUT2D eigenvalue weighted by atomic mass is 16.6. The number of pyridine rings is 1. The molecule has 1 aliphatic rings. The Kier molecular flexibility index (Phi) is 3.48. The smallest absolute Gasteiger partial charge is 0.412 e. The molecule has 0 unspecified atom stereocenters. The van der Waals surface area contributed by atoms with Crippen molar-refractivity contribution in [3.63, 3.8) is 0 Å². The number of carbonyl (C=O) groups excluding carboxylic acids is 1. The van der Waals surface area contributed by atoms with Gasteiger partial charge in [-0.05, 0) is 26.8 Å². The normalized spacial score (nSPS) is 13.4. The van der Waals surface area contributed by atoms with Crippen LogP contribution in [0.15, 0.2) is 24.7 Å². The maximum atomic E-state index is 11.8. The van der Waals surface area contributed by atoms with Crippen LogP contribution in [0.4, 0.5) is 10.5 Å². The number of imidazole rings is 1. The Balaban J connectivity index is 1.87. The molecule has 0 aliphatic carbocycles. The van der Waals surface area contributed by atoms with Crippen molar-refractivity contribution in [3.05, 3.63) is 24.7 Å². The first kappa shape index (κ1) is 14.4. The molecule has 116 valence electrons. The van der Waals surface area contributed by atoms with Gasteiger partial charge in [0.2, 0.25) is 5.88 Å². The highest BCUT2D eigenvalue weighted by Crippen LogP contribution is 2.31. The Labute approximate surface area is 128 Å². The predicted octanol–water partition coefficient (Wildman–Crippen LogP) is 2.68. The van der Waals surface area contributed by atoms with Crippen molar-refractivity contribution in [1.29, 1.82) is 0 Å². The van der Waals surface area contributed by atoms with Gasteiger partial charge in [0, 0.05) is 12.4 Å². The van der Waals surface area contributed by atoms with Crippen LogP contribution < -0.4 is 10.1 Å². The zero-order valence-corrected chi connectivity index (χ0v) is 12.8. The van der Waals surface area contributed by atoms with E-state index in [0.717, 1.165) is 11.4 Å². The lowest BCUT2D eigenvalue weighted by molar-refractivity contribution is 0.0636. The SMILES string of the molecule is CC(C)(C)OC(=O)Nc1cnc2c(c1)-c1nccn1CCO2. The largest absolute Gasteiger partial charge is 0.475 e. The number of amides is 1. The van der Waals surface area contributed by atoms with Gasteiger partial charge < -0.3 is 14.0 Å². The first-order chi connectivity index (χ1) is 10.4. The van der Waals surface area contributed by atoms with Gasteiger partial charge in [-0.3, -0.25) is 5.32 Å². The van der Waals surface area contributed by atoms with E-state index in [2.05, 4.69) is 15.3 Å². The fourth-order valence-electron chi connectivity index (χ4n) is 2.19. The molecule has 0 saturated carbocycles. The van der Waals surface area contributed by atoms with Crippen molar-refractivity contribution >= 4 is 11.8 Å². The molecule has 0 aromatic carbocycles. The maximum absolute atomic E-state index is 11.8. The summed E-state index contributed by atoms with van der Waals surface area (Å²) in [5, 5.41) is 2.68. The van der Waals surface area contributed by atoms with E-state index in [4.69, 9.17) is 9.47 Å². The van der Waals surface area contributed by atoms with Crippen molar-refractivity contribution < 1.29 is 14.3 Å². The van der Waals surface area contributed by atoms with Gasteiger partial charge in [-0.15, -0.1) is 0 Å². The average molecular weight is 302 g/mol. The minimum absolute atomic E-state index is 0.514. The fraction of sp³-hybridized carbons (Fsp3) is 0.400. The summed E-state index contributed by atoms with van der Waals surface area (Å²) in [5.74, 6) is 1.28. The third-order valence-corrected chi connectivity index (χ3v) is 3.02. The van der Waals surface area contributed by atoms with Crippen molar-refractivity contribution in [2.24, 2.45) is 0 Å². The Morgan fingerprint density at radius 3 is 3.00 bits per heavy atom. The summed E-state index contributed by atoms with van der Waals surface area (Å²) in [6, 6.07) is 1.79. The number of hydrogen-bond donors (Lipinski definition) is 1. The van der Waals surface area contributed by atoms with E-state index < -0.39 is 11.7 Å². The molecule has 2 aromatic heterocycles. The zero-order valence-electron chi connectivity index (χ0n) is 12.8. The summed E-state index contributed by atoms with van der Waals surface area (Å²) in [6.45, 7) is 6.67. The van der Waals surface area contributed by atoms with Crippen molar-refractivity contribution in [3.8, 4) is 17.3 Å². The molecule has 3 heterocycles. The van der Waals surface area contributed by atoms with Crippen LogP contribution in [0.5, 0.6) is 5.88 Å². The zero-order chi connectivity index (χ0) is 15.7. The third kappa shape index (κ3) is 3.03. The molecule has 0 fully saturated rings. The molecular weight excluding hydrogens is 284 g/mol. The topological polar surface area (TPSA) is 78.3 Å². The molecule has 0 radical (unpaired) electrons. The van der Waals surface area contributed by atoms with E-state index in [0.29, 0.717) is 24.7 Å². The Bertz CT molecular complexity index is 703. The molecule has 1 amide bonds. The molecule has 7 nitrogen and oxygen atoms in total. The van der Waals surface area contributed by atoms with Gasteiger partial charge in [-0.1, -0.05) is 0 Å². The molecule has 1 aliphatic heterocycles. The summed E-state index contributed by atoms with van der Waals surface area (Å²) in [4.78, 5) is 20.4. The number of nitrogens with one attached hydrogen (secondary N) is 1. The summed E-state index contributed by atoms with van der Waals surface area (Å²) in [7, 11) is 0. The van der Waals surface area contributed by atoms with Crippen molar-refractivity contribution in [2.75, 3.05) is 11.9 Å². The highest BCUT2D eigenvalue weighted by Gasteiger charge is 2.20. The number of ether oxygens (including phenoxy) is 2. The molecule has 22 heavy (non-hydrogen) atoms. The summed E-state index contributed by atoms with van der Waals surface area (Å²) in [6.07, 6.45) is 4.65. The second-order valence-electron chi connectivity index (χ2n) is 6.00. The number of aromatic nitrogens is 3. The number of anilines is 1. The van der Waals surface area contributed by atoms with E-state index in [9.17, 15) is 4.79 Å². The lowest BCUT2D eigenvalue weighted by Crippen LogP contribution is -2.27. The summed E-state index contributed by atoms with van der Waals surface area (Å²) in [5.41, 5.74) is 0.729. The molecule has 7 heteroatoms. The van der Waals surface area contributed by atoms with Gasteiger partial charge in [0.25, 0.3) is 0 Å². The molecular formula is C15H18N4O3. The predicted molar refractivity (Wildman–Crippen MR) is 80.8 cm³/mol. The lowest BCUT2D eigenvalue weighted by atomic mass is 10.2. The van der Waals surface area contributed by atoms with E-state index in [-0.39, 0.29) is 0 Å². The van der Waals surface area contributed by atoms with Crippen LogP contribution in [0, 0.1) is 0 Å². The van der Waals surface area contributed by atoms with Crippen LogP contribution in [-0.2, 0) is 11.3 Å². The van der Waals surface area contributed by atoms with Crippen LogP contribution in [-0.4, -0.2) is 32.8 Å². The first-order valence-electron chi connectivity index (χ1n) is 7.07. The number of nitrogens with zero attached hydrogens (tertiary/aromatic N) is 3. The quantitative estimate of drug-likeness (QED) is 0.876. The Hall–Kier alpha value is -2.57. The van der Waals surface area contributed by atoms with E-state index in [1.165, 1.54) is 0 Å². The molecule has 1 N–H and O–H groups in total. The van der Waals surface area contributed by atoms with E-state index in [1.807, 2.05) is 31.5 Å². The lowest BCUT2D eigenvalue weighted by Gasteiger charge is -2.19. The molecule has 0 spiro atoms. The van der Waals surface area contributed by atoms with Crippen LogP contribution in [0.1, 0.15) is 20.8 Å². The van der Waals surface area contributed by atoms with Gasteiger partial charge in [-0.25, -0.2) is 14.8 Å². The van der Waals surface area contributed by atoms with E-state index in [1.54, 1.807) is 18.5 Å². The van der Waals surface area contributed by atoms with Gasteiger partial charge in [0.05, 0.1) is 24.0 Å². The molecule has 0 atom stereocenters. The third-order valence-electron chi connectivity index (χ3n) is 3.02. The minimum atomic E-state index is -0.553. The van der Waals surface area contributed by atoms with Crippen molar-refractivity contribution in [2.45, 2.75) is 32.9 Å². The van der Waals surface area contributed by atoms with Gasteiger partial charge >= 0.3 is 6.09 Å². The second kappa shape index (κ2) is 5.32. The van der Waals surface area contributed by atoms with Crippen LogP contribution >= 0.6 is 0 Å². The molecule has 2 aromatic rings. The van der Waals surface area contributed by atoms with Gasteiger partial charge in [0.1, 0.15) is 18.0 Å². The number of rotatable bonds is 1. The molecule has 0 saturated heterocycles. The second-order valence-corrected chi connectivity index (χ2v) is 6.00. The summed E-state index contributed by atoms with van der Waals surface area (Å²) < 4.78 is 12.8. The van der Waals surface area contributed by atoms with Crippen LogP contribution in [0.3, 0.4) is 0 Å². The molecule has 0 bridgehead atoms.